The minimum Gasteiger partial charge on any atom is -0.338 e. The van der Waals surface area contributed by atoms with Gasteiger partial charge in [0.2, 0.25) is 5.91 Å². The molecule has 1 amide bonds. The van der Waals surface area contributed by atoms with Gasteiger partial charge in [0.25, 0.3) is 0 Å². The molecule has 0 bridgehead atoms. The Labute approximate surface area is 178 Å². The van der Waals surface area contributed by atoms with Gasteiger partial charge >= 0.3 is 0 Å². The Hall–Kier alpha value is -1.88. The summed E-state index contributed by atoms with van der Waals surface area (Å²) in [7, 11) is 0. The van der Waals surface area contributed by atoms with Gasteiger partial charge < -0.3 is 15.5 Å². The summed E-state index contributed by atoms with van der Waals surface area (Å²) < 4.78 is 0. The van der Waals surface area contributed by atoms with Crippen molar-refractivity contribution in [1.82, 2.24) is 9.80 Å². The molecule has 2 fully saturated rings. The van der Waals surface area contributed by atoms with Crippen LogP contribution in [-0.2, 0) is 11.3 Å². The fraction of sp³-hybridized carbons (Fsp3) is 0.458. The Morgan fingerprint density at radius 2 is 1.62 bits per heavy atom. The van der Waals surface area contributed by atoms with E-state index in [1.54, 1.807) is 0 Å². The molecule has 4 nitrogen and oxygen atoms in total. The highest BCUT2D eigenvalue weighted by Gasteiger charge is 2.47. The van der Waals surface area contributed by atoms with Crippen LogP contribution < -0.4 is 5.73 Å². The summed E-state index contributed by atoms with van der Waals surface area (Å²) in [6.07, 6.45) is 3.86. The molecule has 2 N–H and O–H groups in total. The molecule has 1 spiro atoms. The van der Waals surface area contributed by atoms with E-state index in [1.807, 2.05) is 47.4 Å². The number of carbonyl (C=O) groups excluding carboxylic acids is 1. The summed E-state index contributed by atoms with van der Waals surface area (Å²) in [5.74, 6) is 0.341. The second-order valence-electron chi connectivity index (χ2n) is 8.53. The topological polar surface area (TPSA) is 49.6 Å². The van der Waals surface area contributed by atoms with E-state index in [-0.39, 0.29) is 11.5 Å². The number of nitrogens with two attached hydrogens (primary N) is 1. The van der Waals surface area contributed by atoms with Crippen molar-refractivity contribution in [3.8, 4) is 0 Å². The molecule has 154 valence electrons. The van der Waals surface area contributed by atoms with Gasteiger partial charge in [0.05, 0.1) is 5.41 Å². The van der Waals surface area contributed by atoms with Crippen LogP contribution in [0.3, 0.4) is 0 Å². The maximum atomic E-state index is 13.2. The van der Waals surface area contributed by atoms with E-state index in [4.69, 9.17) is 17.3 Å². The summed E-state index contributed by atoms with van der Waals surface area (Å²) in [4.78, 5) is 17.7. The molecule has 4 rings (SSSR count). The van der Waals surface area contributed by atoms with Crippen molar-refractivity contribution in [1.29, 1.82) is 0 Å². The van der Waals surface area contributed by atoms with Crippen LogP contribution >= 0.6 is 11.6 Å². The molecular weight excluding hydrogens is 382 g/mol. The zero-order valence-corrected chi connectivity index (χ0v) is 17.7. The quantitative estimate of drug-likeness (QED) is 0.773. The molecule has 2 aliphatic heterocycles. The Balaban J connectivity index is 1.27. The van der Waals surface area contributed by atoms with Gasteiger partial charge in [-0.15, -0.1) is 0 Å². The molecule has 2 saturated heterocycles. The average Bonchev–Trinajstić information content (AvgIpc) is 3.05. The van der Waals surface area contributed by atoms with E-state index in [2.05, 4.69) is 17.0 Å². The Morgan fingerprint density at radius 3 is 2.31 bits per heavy atom. The predicted octanol–water partition coefficient (Wildman–Crippen LogP) is 4.24. The second kappa shape index (κ2) is 8.86. The molecule has 2 aliphatic rings. The van der Waals surface area contributed by atoms with Gasteiger partial charge in [0.15, 0.2) is 0 Å². The van der Waals surface area contributed by atoms with Crippen LogP contribution in [0.2, 0.25) is 5.02 Å². The number of benzene rings is 2. The number of likely N-dealkylation sites (tertiary alicyclic amines) is 2. The molecule has 0 saturated carbocycles. The van der Waals surface area contributed by atoms with Crippen molar-refractivity contribution in [3.63, 3.8) is 0 Å². The van der Waals surface area contributed by atoms with Gasteiger partial charge in [0.1, 0.15) is 0 Å². The lowest BCUT2D eigenvalue weighted by Gasteiger charge is -2.38. The standard InChI is InChI=1S/C24H30ClN3O/c25-21-8-6-19(7-9-21)18-28-17-13-24(23(28)29)11-15-27(16-12-24)14-10-22(26)20-4-2-1-3-5-20/h1-9,22H,10-18,26H2/t22-/m0/s1. The molecule has 2 heterocycles. The Kier molecular flexibility index (Phi) is 6.23. The number of rotatable bonds is 6. The Morgan fingerprint density at radius 1 is 0.966 bits per heavy atom. The minimum atomic E-state index is -0.148. The van der Waals surface area contributed by atoms with Gasteiger partial charge in [0, 0.05) is 24.2 Å². The highest BCUT2D eigenvalue weighted by molar-refractivity contribution is 6.30. The molecule has 2 aromatic rings. The molecule has 0 aliphatic carbocycles. The number of hydrogen-bond donors (Lipinski definition) is 1. The number of carbonyl (C=O) groups is 1. The van der Waals surface area contributed by atoms with Crippen LogP contribution in [0.25, 0.3) is 0 Å². The first-order valence-electron chi connectivity index (χ1n) is 10.6. The van der Waals surface area contributed by atoms with Crippen molar-refractivity contribution in [3.05, 3.63) is 70.7 Å². The van der Waals surface area contributed by atoms with Gasteiger partial charge in [-0.1, -0.05) is 54.1 Å². The lowest BCUT2D eigenvalue weighted by atomic mass is 9.77. The maximum absolute atomic E-state index is 13.2. The molecule has 1 atom stereocenters. The third kappa shape index (κ3) is 4.66. The number of halogens is 1. The fourth-order valence-electron chi connectivity index (χ4n) is 4.71. The van der Waals surface area contributed by atoms with Crippen LogP contribution in [0.1, 0.15) is 42.9 Å². The lowest BCUT2D eigenvalue weighted by molar-refractivity contribution is -0.138. The molecule has 29 heavy (non-hydrogen) atoms. The summed E-state index contributed by atoms with van der Waals surface area (Å²) in [6.45, 7) is 4.52. The smallest absolute Gasteiger partial charge is 0.229 e. The van der Waals surface area contributed by atoms with E-state index in [0.717, 1.165) is 62.4 Å². The molecule has 5 heteroatoms. The normalized spacial score (nSPS) is 20.3. The minimum absolute atomic E-state index is 0.0788. The third-order valence-corrected chi connectivity index (χ3v) is 6.94. The van der Waals surface area contributed by atoms with Gasteiger partial charge in [-0.3, -0.25) is 4.79 Å². The summed E-state index contributed by atoms with van der Waals surface area (Å²) >= 11 is 5.97. The number of amides is 1. The summed E-state index contributed by atoms with van der Waals surface area (Å²) in [5.41, 5.74) is 8.55. The number of nitrogens with zero attached hydrogens (tertiary/aromatic N) is 2. The highest BCUT2D eigenvalue weighted by Crippen LogP contribution is 2.42. The Bertz CT molecular complexity index is 816. The zero-order chi connectivity index (χ0) is 20.3. The van der Waals surface area contributed by atoms with Gasteiger partial charge in [-0.05, 0) is 68.6 Å². The van der Waals surface area contributed by atoms with Gasteiger partial charge in [-0.25, -0.2) is 0 Å². The van der Waals surface area contributed by atoms with Crippen LogP contribution in [0.5, 0.6) is 0 Å². The molecule has 0 radical (unpaired) electrons. The molecular formula is C24H30ClN3O. The van der Waals surface area contributed by atoms with Crippen molar-refractivity contribution in [2.75, 3.05) is 26.2 Å². The van der Waals surface area contributed by atoms with Crippen LogP contribution in [0, 0.1) is 5.41 Å². The summed E-state index contributed by atoms with van der Waals surface area (Å²) in [5, 5.41) is 0.734. The van der Waals surface area contributed by atoms with E-state index < -0.39 is 0 Å². The second-order valence-corrected chi connectivity index (χ2v) is 8.97. The summed E-state index contributed by atoms with van der Waals surface area (Å²) in [6, 6.07) is 18.2. The molecule has 2 aromatic carbocycles. The fourth-order valence-corrected chi connectivity index (χ4v) is 4.84. The first kappa shape index (κ1) is 20.4. The number of piperidine rings is 1. The van der Waals surface area contributed by atoms with Crippen molar-refractivity contribution in [2.45, 2.75) is 38.3 Å². The lowest BCUT2D eigenvalue weighted by Crippen LogP contribution is -2.45. The maximum Gasteiger partial charge on any atom is 0.229 e. The third-order valence-electron chi connectivity index (χ3n) is 6.69. The van der Waals surface area contributed by atoms with Crippen LogP contribution in [-0.4, -0.2) is 41.9 Å². The van der Waals surface area contributed by atoms with E-state index in [9.17, 15) is 4.79 Å². The zero-order valence-electron chi connectivity index (χ0n) is 16.9. The van der Waals surface area contributed by atoms with Crippen LogP contribution in [0.15, 0.2) is 54.6 Å². The van der Waals surface area contributed by atoms with E-state index in [1.165, 1.54) is 5.56 Å². The first-order valence-corrected chi connectivity index (χ1v) is 11.0. The first-order chi connectivity index (χ1) is 14.1. The van der Waals surface area contributed by atoms with Crippen LogP contribution in [0.4, 0.5) is 0 Å². The van der Waals surface area contributed by atoms with Crippen molar-refractivity contribution in [2.24, 2.45) is 11.1 Å². The van der Waals surface area contributed by atoms with E-state index in [0.29, 0.717) is 12.5 Å². The predicted molar refractivity (Wildman–Crippen MR) is 118 cm³/mol. The van der Waals surface area contributed by atoms with Crippen molar-refractivity contribution < 1.29 is 4.79 Å². The average molecular weight is 412 g/mol. The van der Waals surface area contributed by atoms with Gasteiger partial charge in [-0.2, -0.15) is 0 Å². The largest absolute Gasteiger partial charge is 0.338 e. The highest BCUT2D eigenvalue weighted by atomic mass is 35.5. The monoisotopic (exact) mass is 411 g/mol. The van der Waals surface area contributed by atoms with Crippen molar-refractivity contribution >= 4 is 17.5 Å². The number of hydrogen-bond acceptors (Lipinski definition) is 3. The van der Waals surface area contributed by atoms with E-state index >= 15 is 0 Å². The molecule has 0 aromatic heterocycles. The molecule has 0 unspecified atom stereocenters. The SMILES string of the molecule is N[C@@H](CCN1CCC2(CC1)CCN(Cc1ccc(Cl)cc1)C2=O)c1ccccc1.